The Kier molecular flexibility index (Phi) is 5.45. The number of aromatic carboxylic acids is 1. The van der Waals surface area contributed by atoms with Gasteiger partial charge in [0.1, 0.15) is 0 Å². The fourth-order valence-corrected chi connectivity index (χ4v) is 1.52. The maximum atomic E-state index is 10.8. The number of hydrogen-bond donors (Lipinski definition) is 1. The van der Waals surface area contributed by atoms with E-state index in [1.165, 1.54) is 24.1 Å². The number of methoxy groups -OCH3 is 1. The smallest absolute Gasteiger partial charge is 0.161 e. The highest BCUT2D eigenvalue weighted by molar-refractivity contribution is 5.86. The Morgan fingerprint density at radius 3 is 2.61 bits per heavy atom. The average Bonchev–Trinajstić information content (AvgIpc) is 2.34. The molecular formula is C13H19NO4. The van der Waals surface area contributed by atoms with Crippen molar-refractivity contribution in [1.29, 1.82) is 0 Å². The summed E-state index contributed by atoms with van der Waals surface area (Å²) in [6.07, 6.45) is 0.890. The summed E-state index contributed by atoms with van der Waals surface area (Å²) >= 11 is 0. The Morgan fingerprint density at radius 1 is 1.33 bits per heavy atom. The van der Waals surface area contributed by atoms with Gasteiger partial charge >= 0.3 is 0 Å². The number of quaternary nitrogens is 1. The lowest BCUT2D eigenvalue weighted by molar-refractivity contribution is -0.858. The third-order valence-corrected chi connectivity index (χ3v) is 2.48. The van der Waals surface area contributed by atoms with E-state index < -0.39 is 5.97 Å². The molecule has 0 saturated heterocycles. The monoisotopic (exact) mass is 253 g/mol. The van der Waals surface area contributed by atoms with Crippen LogP contribution in [0.25, 0.3) is 0 Å². The second-order valence-corrected chi connectivity index (χ2v) is 4.31. The second kappa shape index (κ2) is 6.86. The summed E-state index contributed by atoms with van der Waals surface area (Å²) in [6.45, 7) is 1.51. The molecule has 0 fully saturated rings. The predicted molar refractivity (Wildman–Crippen MR) is 65.1 cm³/mol. The molecule has 0 bridgehead atoms. The lowest BCUT2D eigenvalue weighted by atomic mass is 10.2. The largest absolute Gasteiger partial charge is 0.545 e. The van der Waals surface area contributed by atoms with Gasteiger partial charge in [0.25, 0.3) is 0 Å². The zero-order valence-corrected chi connectivity index (χ0v) is 11.0. The van der Waals surface area contributed by atoms with E-state index in [-0.39, 0.29) is 5.56 Å². The van der Waals surface area contributed by atoms with Gasteiger partial charge in [-0.25, -0.2) is 0 Å². The van der Waals surface area contributed by atoms with Crippen LogP contribution in [0, 0.1) is 0 Å². The van der Waals surface area contributed by atoms with E-state index >= 15 is 0 Å². The van der Waals surface area contributed by atoms with Crippen molar-refractivity contribution in [2.75, 3.05) is 34.4 Å². The summed E-state index contributed by atoms with van der Waals surface area (Å²) in [5.74, 6) is -0.259. The van der Waals surface area contributed by atoms with Crippen LogP contribution in [0.15, 0.2) is 18.2 Å². The molecule has 0 amide bonds. The number of benzene rings is 1. The van der Waals surface area contributed by atoms with Gasteiger partial charge in [-0.15, -0.1) is 0 Å². The number of rotatable bonds is 7. The third kappa shape index (κ3) is 4.25. The van der Waals surface area contributed by atoms with Crippen LogP contribution >= 0.6 is 0 Å². The third-order valence-electron chi connectivity index (χ3n) is 2.48. The van der Waals surface area contributed by atoms with Gasteiger partial charge in [0, 0.05) is 12.0 Å². The summed E-state index contributed by atoms with van der Waals surface area (Å²) in [5.41, 5.74) is 0.0871. The van der Waals surface area contributed by atoms with E-state index in [0.29, 0.717) is 18.1 Å². The highest BCUT2D eigenvalue weighted by atomic mass is 16.5. The van der Waals surface area contributed by atoms with Gasteiger partial charge in [0.15, 0.2) is 11.5 Å². The van der Waals surface area contributed by atoms with Gasteiger partial charge < -0.3 is 24.3 Å². The molecule has 0 aliphatic carbocycles. The number of carbonyl (C=O) groups excluding carboxylic acids is 1. The van der Waals surface area contributed by atoms with Crippen molar-refractivity contribution in [2.24, 2.45) is 0 Å². The molecule has 1 aromatic carbocycles. The van der Waals surface area contributed by atoms with Crippen molar-refractivity contribution in [3.8, 4) is 11.5 Å². The van der Waals surface area contributed by atoms with Crippen molar-refractivity contribution in [3.63, 3.8) is 0 Å². The zero-order chi connectivity index (χ0) is 13.5. The fourth-order valence-electron chi connectivity index (χ4n) is 1.52. The number of carbonyl (C=O) groups is 1. The van der Waals surface area contributed by atoms with E-state index in [1.54, 1.807) is 6.07 Å². The van der Waals surface area contributed by atoms with E-state index in [4.69, 9.17) is 9.47 Å². The normalized spacial score (nSPS) is 10.4. The van der Waals surface area contributed by atoms with E-state index in [9.17, 15) is 9.90 Å². The van der Waals surface area contributed by atoms with Crippen LogP contribution < -0.4 is 19.5 Å². The first kappa shape index (κ1) is 14.3. The first-order chi connectivity index (χ1) is 8.54. The molecule has 0 saturated carbocycles. The summed E-state index contributed by atoms with van der Waals surface area (Å²) in [5, 5.41) is 10.8. The standard InChI is InChI=1S/C13H19NO4/c1-14(2)7-4-8-18-12-9-10(13(15)16)5-6-11(12)17-3/h5-6,9H,4,7-8H2,1-3H3,(H,15,16). The van der Waals surface area contributed by atoms with Crippen molar-refractivity contribution >= 4 is 5.97 Å². The van der Waals surface area contributed by atoms with Gasteiger partial charge in [-0.1, -0.05) is 0 Å². The minimum Gasteiger partial charge on any atom is -0.545 e. The number of nitrogens with one attached hydrogen (secondary N) is 1. The molecule has 0 aromatic heterocycles. The van der Waals surface area contributed by atoms with E-state index in [2.05, 4.69) is 14.1 Å². The minimum absolute atomic E-state index is 0.0871. The molecule has 0 aliphatic rings. The molecule has 0 atom stereocenters. The first-order valence-corrected chi connectivity index (χ1v) is 5.86. The van der Waals surface area contributed by atoms with Gasteiger partial charge in [0.05, 0.1) is 40.3 Å². The van der Waals surface area contributed by atoms with Crippen LogP contribution in [0.2, 0.25) is 0 Å². The summed E-state index contributed by atoms with van der Waals surface area (Å²) in [7, 11) is 5.65. The Bertz CT molecular complexity index is 404. The van der Waals surface area contributed by atoms with Gasteiger partial charge in [-0.3, -0.25) is 0 Å². The molecule has 0 heterocycles. The van der Waals surface area contributed by atoms with E-state index in [0.717, 1.165) is 13.0 Å². The minimum atomic E-state index is -1.22. The molecule has 0 spiro atoms. The van der Waals surface area contributed by atoms with Gasteiger partial charge in [-0.2, -0.15) is 0 Å². The summed E-state index contributed by atoms with van der Waals surface area (Å²) < 4.78 is 10.7. The second-order valence-electron chi connectivity index (χ2n) is 4.31. The fraction of sp³-hybridized carbons (Fsp3) is 0.462. The molecule has 0 unspecified atom stereocenters. The van der Waals surface area contributed by atoms with Gasteiger partial charge in [-0.05, 0) is 18.2 Å². The highest BCUT2D eigenvalue weighted by Crippen LogP contribution is 2.27. The topological polar surface area (TPSA) is 63.0 Å². The van der Waals surface area contributed by atoms with Crippen LogP contribution in [-0.2, 0) is 0 Å². The van der Waals surface area contributed by atoms with Crippen molar-refractivity contribution in [3.05, 3.63) is 23.8 Å². The highest BCUT2D eigenvalue weighted by Gasteiger charge is 2.06. The molecule has 5 heteroatoms. The molecule has 1 N–H and O–H groups in total. The Balaban J connectivity index is 2.66. The molecule has 100 valence electrons. The van der Waals surface area contributed by atoms with Crippen LogP contribution in [-0.4, -0.2) is 40.3 Å². The average molecular weight is 253 g/mol. The SMILES string of the molecule is COc1ccc(C(=O)[O-])cc1OCCC[NH+](C)C. The number of carboxylic acids is 1. The van der Waals surface area contributed by atoms with Crippen molar-refractivity contribution in [1.82, 2.24) is 0 Å². The Morgan fingerprint density at radius 2 is 2.06 bits per heavy atom. The lowest BCUT2D eigenvalue weighted by Crippen LogP contribution is -3.05. The van der Waals surface area contributed by atoms with Crippen LogP contribution in [0.5, 0.6) is 11.5 Å². The number of hydrogen-bond acceptors (Lipinski definition) is 4. The van der Waals surface area contributed by atoms with E-state index in [1.807, 2.05) is 0 Å². The predicted octanol–water partition coefficient (Wildman–Crippen LogP) is -1.03. The Hall–Kier alpha value is -1.75. The molecule has 18 heavy (non-hydrogen) atoms. The molecule has 5 nitrogen and oxygen atoms in total. The zero-order valence-electron chi connectivity index (χ0n) is 11.0. The maximum absolute atomic E-state index is 10.8. The van der Waals surface area contributed by atoms with Crippen LogP contribution in [0.4, 0.5) is 0 Å². The summed E-state index contributed by atoms with van der Waals surface area (Å²) in [6, 6.07) is 4.43. The number of ether oxygens (including phenoxy) is 2. The number of carboxylic acid groups (broad SMARTS) is 1. The molecule has 1 aromatic rings. The maximum Gasteiger partial charge on any atom is 0.161 e. The molecular weight excluding hydrogens is 234 g/mol. The summed E-state index contributed by atoms with van der Waals surface area (Å²) in [4.78, 5) is 12.1. The molecule has 0 radical (unpaired) electrons. The van der Waals surface area contributed by atoms with Crippen LogP contribution in [0.3, 0.4) is 0 Å². The van der Waals surface area contributed by atoms with Crippen molar-refractivity contribution in [2.45, 2.75) is 6.42 Å². The Labute approximate surface area is 107 Å². The lowest BCUT2D eigenvalue weighted by Gasteiger charge is -2.13. The van der Waals surface area contributed by atoms with Crippen molar-refractivity contribution < 1.29 is 24.3 Å². The van der Waals surface area contributed by atoms with Crippen LogP contribution in [0.1, 0.15) is 16.8 Å². The first-order valence-electron chi connectivity index (χ1n) is 5.86. The quantitative estimate of drug-likeness (QED) is 0.631. The molecule has 1 rings (SSSR count). The molecule has 0 aliphatic heterocycles. The van der Waals surface area contributed by atoms with Gasteiger partial charge in [0.2, 0.25) is 0 Å².